The van der Waals surface area contributed by atoms with Crippen LogP contribution in [0.25, 0.3) is 0 Å². The fraction of sp³-hybridized carbons (Fsp3) is 0.500. The van der Waals surface area contributed by atoms with Gasteiger partial charge in [-0.3, -0.25) is 0 Å². The minimum atomic E-state index is 0.576. The predicted octanol–water partition coefficient (Wildman–Crippen LogP) is 3.48. The van der Waals surface area contributed by atoms with Gasteiger partial charge in [0.05, 0.1) is 0 Å². The van der Waals surface area contributed by atoms with Gasteiger partial charge in [-0.15, -0.1) is 0 Å². The summed E-state index contributed by atoms with van der Waals surface area (Å²) in [6, 6.07) is 6.45. The van der Waals surface area contributed by atoms with Gasteiger partial charge in [0.25, 0.3) is 0 Å². The molecule has 1 aromatic carbocycles. The molecular weight excluding hydrogens is 206 g/mol. The summed E-state index contributed by atoms with van der Waals surface area (Å²) in [6.07, 6.45) is 10.4. The van der Waals surface area contributed by atoms with Crippen LogP contribution in [0.1, 0.15) is 36.8 Å². The summed E-state index contributed by atoms with van der Waals surface area (Å²) in [6.45, 7) is 0. The number of anilines is 1. The van der Waals surface area contributed by atoms with E-state index in [1.54, 1.807) is 5.57 Å². The van der Waals surface area contributed by atoms with E-state index in [1.165, 1.54) is 49.7 Å². The molecule has 3 aliphatic rings. The molecule has 4 rings (SSSR count). The van der Waals surface area contributed by atoms with E-state index in [0.29, 0.717) is 5.41 Å². The third kappa shape index (κ3) is 1.25. The Morgan fingerprint density at radius 1 is 1.24 bits per heavy atom. The third-order valence-corrected chi connectivity index (χ3v) is 5.38. The summed E-state index contributed by atoms with van der Waals surface area (Å²) in [5.74, 6) is 0.922. The number of hydrogen-bond donors (Lipinski definition) is 1. The van der Waals surface area contributed by atoms with Crippen LogP contribution in [0.5, 0.6) is 0 Å². The Balaban J connectivity index is 1.76. The van der Waals surface area contributed by atoms with Crippen molar-refractivity contribution in [2.45, 2.75) is 38.5 Å². The number of nitrogens with two attached hydrogens (primary N) is 1. The Bertz CT molecular complexity index is 514. The van der Waals surface area contributed by atoms with Crippen LogP contribution in [0.3, 0.4) is 0 Å². The van der Waals surface area contributed by atoms with E-state index in [0.717, 1.165) is 11.6 Å². The van der Waals surface area contributed by atoms with Crippen LogP contribution in [0.4, 0.5) is 5.69 Å². The summed E-state index contributed by atoms with van der Waals surface area (Å²) in [7, 11) is 0. The van der Waals surface area contributed by atoms with Crippen LogP contribution in [-0.2, 0) is 12.8 Å². The van der Waals surface area contributed by atoms with Gasteiger partial charge in [-0.25, -0.2) is 0 Å². The Hall–Kier alpha value is -1.24. The standard InChI is InChI=1S/C16H19N/c17-15-3-1-2-12-6-7-16(10-14(12)15)9-11-4-5-13(16)8-11/h1-4,13H,5-10,17H2. The summed E-state index contributed by atoms with van der Waals surface area (Å²) >= 11 is 0. The van der Waals surface area contributed by atoms with E-state index in [4.69, 9.17) is 5.73 Å². The second-order valence-electron chi connectivity index (χ2n) is 6.20. The average Bonchev–Trinajstić information content (AvgIpc) is 2.91. The van der Waals surface area contributed by atoms with Crippen molar-refractivity contribution < 1.29 is 0 Å². The topological polar surface area (TPSA) is 26.0 Å². The Kier molecular flexibility index (Phi) is 1.81. The van der Waals surface area contributed by atoms with Gasteiger partial charge in [0.2, 0.25) is 0 Å². The summed E-state index contributed by atoms with van der Waals surface area (Å²) in [5.41, 5.74) is 12.5. The zero-order valence-electron chi connectivity index (χ0n) is 10.2. The quantitative estimate of drug-likeness (QED) is 0.531. The molecule has 0 amide bonds. The van der Waals surface area contributed by atoms with Gasteiger partial charge in [-0.05, 0) is 67.1 Å². The second kappa shape index (κ2) is 3.16. The second-order valence-corrected chi connectivity index (χ2v) is 6.20. The van der Waals surface area contributed by atoms with Gasteiger partial charge in [-0.1, -0.05) is 23.8 Å². The highest BCUT2D eigenvalue weighted by atomic mass is 14.6. The lowest BCUT2D eigenvalue weighted by Crippen LogP contribution is -2.33. The maximum absolute atomic E-state index is 6.18. The Morgan fingerprint density at radius 3 is 2.94 bits per heavy atom. The highest BCUT2D eigenvalue weighted by Gasteiger charge is 2.48. The number of aryl methyl sites for hydroxylation is 1. The van der Waals surface area contributed by atoms with E-state index in [1.807, 2.05) is 0 Å². The number of nitrogen functional groups attached to an aromatic ring is 1. The van der Waals surface area contributed by atoms with E-state index in [2.05, 4.69) is 24.3 Å². The Morgan fingerprint density at radius 2 is 2.18 bits per heavy atom. The number of hydrogen-bond acceptors (Lipinski definition) is 1. The normalized spacial score (nSPS) is 33.9. The number of allylic oxidation sites excluding steroid dienone is 2. The molecule has 0 aliphatic heterocycles. The molecule has 1 spiro atoms. The van der Waals surface area contributed by atoms with Crippen molar-refractivity contribution in [1.82, 2.24) is 0 Å². The molecular formula is C16H19N. The van der Waals surface area contributed by atoms with Crippen molar-refractivity contribution >= 4 is 5.69 Å². The van der Waals surface area contributed by atoms with Gasteiger partial charge >= 0.3 is 0 Å². The molecule has 2 unspecified atom stereocenters. The molecule has 88 valence electrons. The van der Waals surface area contributed by atoms with Crippen molar-refractivity contribution in [3.63, 3.8) is 0 Å². The van der Waals surface area contributed by atoms with Crippen LogP contribution >= 0.6 is 0 Å². The summed E-state index contributed by atoms with van der Waals surface area (Å²) in [5, 5.41) is 0. The molecule has 0 aromatic heterocycles. The molecule has 1 fully saturated rings. The lowest BCUT2D eigenvalue weighted by atomic mass is 9.64. The first kappa shape index (κ1) is 9.76. The van der Waals surface area contributed by atoms with E-state index < -0.39 is 0 Å². The number of benzene rings is 1. The molecule has 1 heteroatoms. The number of rotatable bonds is 0. The molecule has 1 saturated carbocycles. The smallest absolute Gasteiger partial charge is 0.0349 e. The minimum absolute atomic E-state index is 0.576. The zero-order chi connectivity index (χ0) is 11.5. The monoisotopic (exact) mass is 225 g/mol. The lowest BCUT2D eigenvalue weighted by Gasteiger charge is -2.41. The summed E-state index contributed by atoms with van der Waals surface area (Å²) < 4.78 is 0. The average molecular weight is 225 g/mol. The first-order chi connectivity index (χ1) is 8.27. The van der Waals surface area contributed by atoms with Gasteiger partial charge in [-0.2, -0.15) is 0 Å². The molecule has 0 heterocycles. The van der Waals surface area contributed by atoms with Crippen LogP contribution in [0.2, 0.25) is 0 Å². The first-order valence-corrected chi connectivity index (χ1v) is 6.81. The maximum Gasteiger partial charge on any atom is 0.0349 e. The highest BCUT2D eigenvalue weighted by molar-refractivity contribution is 5.53. The molecule has 1 nitrogen and oxygen atoms in total. The fourth-order valence-corrected chi connectivity index (χ4v) is 4.43. The van der Waals surface area contributed by atoms with Crippen LogP contribution < -0.4 is 5.73 Å². The van der Waals surface area contributed by atoms with Crippen molar-refractivity contribution in [2.75, 3.05) is 5.73 Å². The van der Waals surface area contributed by atoms with Crippen LogP contribution in [0.15, 0.2) is 29.8 Å². The van der Waals surface area contributed by atoms with Crippen molar-refractivity contribution in [2.24, 2.45) is 11.3 Å². The fourth-order valence-electron chi connectivity index (χ4n) is 4.43. The molecule has 1 aromatic rings. The SMILES string of the molecule is Nc1cccc2c1CC1(CC2)CC2=CCC1C2. The van der Waals surface area contributed by atoms with E-state index in [-0.39, 0.29) is 0 Å². The van der Waals surface area contributed by atoms with Crippen molar-refractivity contribution in [1.29, 1.82) is 0 Å². The lowest BCUT2D eigenvalue weighted by molar-refractivity contribution is 0.169. The molecule has 2 bridgehead atoms. The zero-order valence-corrected chi connectivity index (χ0v) is 10.2. The largest absolute Gasteiger partial charge is 0.398 e. The van der Waals surface area contributed by atoms with Crippen LogP contribution in [-0.4, -0.2) is 0 Å². The molecule has 0 saturated heterocycles. The van der Waals surface area contributed by atoms with E-state index in [9.17, 15) is 0 Å². The van der Waals surface area contributed by atoms with Gasteiger partial charge in [0.1, 0.15) is 0 Å². The van der Waals surface area contributed by atoms with Crippen molar-refractivity contribution in [3.05, 3.63) is 41.0 Å². The Labute approximate surface area is 103 Å². The minimum Gasteiger partial charge on any atom is -0.398 e. The van der Waals surface area contributed by atoms with Crippen molar-refractivity contribution in [3.8, 4) is 0 Å². The van der Waals surface area contributed by atoms with E-state index >= 15 is 0 Å². The predicted molar refractivity (Wildman–Crippen MR) is 70.7 cm³/mol. The molecule has 0 radical (unpaired) electrons. The van der Waals surface area contributed by atoms with Gasteiger partial charge in [0.15, 0.2) is 0 Å². The highest BCUT2D eigenvalue weighted by Crippen LogP contribution is 2.58. The third-order valence-electron chi connectivity index (χ3n) is 5.38. The summed E-state index contributed by atoms with van der Waals surface area (Å²) in [4.78, 5) is 0. The number of fused-ring (bicyclic) bond motifs is 4. The molecule has 2 N–H and O–H groups in total. The molecule has 2 atom stereocenters. The molecule has 3 aliphatic carbocycles. The van der Waals surface area contributed by atoms with Gasteiger partial charge in [0, 0.05) is 5.69 Å². The first-order valence-electron chi connectivity index (χ1n) is 6.81. The molecule has 17 heavy (non-hydrogen) atoms. The van der Waals surface area contributed by atoms with Crippen LogP contribution in [0, 0.1) is 11.3 Å². The maximum atomic E-state index is 6.18. The van der Waals surface area contributed by atoms with Gasteiger partial charge < -0.3 is 5.73 Å².